The minimum Gasteiger partial charge on any atom is -0.344 e. The second-order valence-electron chi connectivity index (χ2n) is 9.65. The van der Waals surface area contributed by atoms with Crippen molar-refractivity contribution in [3.63, 3.8) is 0 Å². The minimum atomic E-state index is -0.869. The van der Waals surface area contributed by atoms with Crippen LogP contribution in [0, 0.1) is 11.8 Å². The van der Waals surface area contributed by atoms with Crippen molar-refractivity contribution in [1.82, 2.24) is 21.0 Å². The highest BCUT2D eigenvalue weighted by Crippen LogP contribution is 2.14. The maximum absolute atomic E-state index is 13.0. The van der Waals surface area contributed by atoms with Gasteiger partial charge in [-0.15, -0.1) is 5.06 Å². The molecule has 0 spiro atoms. The van der Waals surface area contributed by atoms with Crippen LogP contribution in [0.2, 0.25) is 0 Å². The van der Waals surface area contributed by atoms with Crippen LogP contribution in [-0.4, -0.2) is 65.1 Å². The first-order valence-corrected chi connectivity index (χ1v) is 12.6. The molecule has 37 heavy (non-hydrogen) atoms. The van der Waals surface area contributed by atoms with E-state index in [0.29, 0.717) is 30.9 Å². The van der Waals surface area contributed by atoms with E-state index in [4.69, 9.17) is 4.84 Å². The van der Waals surface area contributed by atoms with Crippen LogP contribution in [0.15, 0.2) is 0 Å². The van der Waals surface area contributed by atoms with E-state index in [9.17, 15) is 33.6 Å². The van der Waals surface area contributed by atoms with Gasteiger partial charge in [0.1, 0.15) is 6.04 Å². The number of hydrogen-bond donors (Lipinski definition) is 4. The SMILES string of the molecule is CC(C)C(=O)C(CCCNC([NH3+])=O)NC(=O)C(NC(=O)CCCCC(=O)ON1C(=O)CCC1=O)C(C)C. The molecule has 1 aliphatic rings. The third kappa shape index (κ3) is 11.5. The van der Waals surface area contributed by atoms with Crippen LogP contribution in [0.1, 0.15) is 79.1 Å². The maximum Gasteiger partial charge on any atom is 0.411 e. The number of hydrogen-bond acceptors (Lipinski definition) is 8. The van der Waals surface area contributed by atoms with Gasteiger partial charge in [-0.2, -0.15) is 0 Å². The van der Waals surface area contributed by atoms with Gasteiger partial charge in [-0.25, -0.2) is 9.59 Å². The van der Waals surface area contributed by atoms with Gasteiger partial charge in [0, 0.05) is 38.1 Å². The van der Waals surface area contributed by atoms with E-state index in [1.165, 1.54) is 0 Å². The number of hydroxylamine groups is 2. The van der Waals surface area contributed by atoms with Crippen LogP contribution >= 0.6 is 0 Å². The van der Waals surface area contributed by atoms with E-state index in [1.807, 2.05) is 0 Å². The molecule has 1 rings (SSSR count). The lowest BCUT2D eigenvalue weighted by Crippen LogP contribution is -2.63. The average Bonchev–Trinajstić information content (AvgIpc) is 3.13. The number of rotatable bonds is 16. The molecule has 0 aliphatic carbocycles. The molecule has 208 valence electrons. The first kappa shape index (κ1) is 31.7. The average molecular weight is 527 g/mol. The van der Waals surface area contributed by atoms with Crippen molar-refractivity contribution < 1.29 is 44.1 Å². The summed E-state index contributed by atoms with van der Waals surface area (Å²) in [6, 6.07) is -2.05. The fourth-order valence-electron chi connectivity index (χ4n) is 3.62. The van der Waals surface area contributed by atoms with Crippen molar-refractivity contribution in [1.29, 1.82) is 0 Å². The topological polar surface area (TPSA) is 196 Å². The lowest BCUT2D eigenvalue weighted by Gasteiger charge is -2.26. The number of carbonyl (C=O) groups excluding carboxylic acids is 7. The van der Waals surface area contributed by atoms with Gasteiger partial charge in [0.2, 0.25) is 11.8 Å². The van der Waals surface area contributed by atoms with Crippen molar-refractivity contribution in [3.8, 4) is 0 Å². The van der Waals surface area contributed by atoms with Gasteiger partial charge in [0.15, 0.2) is 5.78 Å². The highest BCUT2D eigenvalue weighted by Gasteiger charge is 2.33. The monoisotopic (exact) mass is 526 g/mol. The number of amides is 6. The number of ketones is 1. The summed E-state index contributed by atoms with van der Waals surface area (Å²) in [6.45, 7) is 7.33. The van der Waals surface area contributed by atoms with Crippen LogP contribution in [0.4, 0.5) is 4.79 Å². The third-order valence-corrected chi connectivity index (χ3v) is 5.72. The molecule has 0 aromatic heterocycles. The van der Waals surface area contributed by atoms with Crippen LogP contribution in [0.5, 0.6) is 0 Å². The summed E-state index contributed by atoms with van der Waals surface area (Å²) >= 11 is 0. The van der Waals surface area contributed by atoms with Gasteiger partial charge in [0.25, 0.3) is 11.8 Å². The lowest BCUT2D eigenvalue weighted by molar-refractivity contribution is -0.250. The number of urea groups is 1. The van der Waals surface area contributed by atoms with Crippen molar-refractivity contribution in [3.05, 3.63) is 0 Å². The van der Waals surface area contributed by atoms with Crippen LogP contribution in [0.3, 0.4) is 0 Å². The zero-order chi connectivity index (χ0) is 28.1. The second-order valence-corrected chi connectivity index (χ2v) is 9.65. The first-order chi connectivity index (χ1) is 17.3. The van der Waals surface area contributed by atoms with Gasteiger partial charge < -0.3 is 20.8 Å². The molecule has 1 saturated heterocycles. The highest BCUT2D eigenvalue weighted by atomic mass is 16.7. The van der Waals surface area contributed by atoms with E-state index in [2.05, 4.69) is 21.7 Å². The predicted molar refractivity (Wildman–Crippen MR) is 130 cm³/mol. The summed E-state index contributed by atoms with van der Waals surface area (Å²) in [6.07, 6.45) is 1.39. The molecule has 0 saturated carbocycles. The molecule has 6 amide bonds. The number of nitrogens with one attached hydrogen (secondary N) is 3. The molecule has 2 atom stereocenters. The van der Waals surface area contributed by atoms with E-state index < -0.39 is 47.7 Å². The molecule has 1 heterocycles. The third-order valence-electron chi connectivity index (χ3n) is 5.72. The van der Waals surface area contributed by atoms with Crippen LogP contribution in [0.25, 0.3) is 0 Å². The van der Waals surface area contributed by atoms with Crippen LogP contribution in [-0.2, 0) is 33.6 Å². The van der Waals surface area contributed by atoms with E-state index in [-0.39, 0.29) is 49.7 Å². The van der Waals surface area contributed by atoms with E-state index in [0.717, 1.165) is 0 Å². The van der Waals surface area contributed by atoms with Gasteiger partial charge in [-0.3, -0.25) is 29.7 Å². The number of Topliss-reactive ketones (excluding diaryl/α,β-unsaturated/α-hetero) is 1. The zero-order valence-corrected chi connectivity index (χ0v) is 22.1. The lowest BCUT2D eigenvalue weighted by atomic mass is 9.96. The number of carbonyl (C=O) groups is 7. The fraction of sp³-hybridized carbons (Fsp3) is 0.708. The number of imide groups is 1. The number of nitrogens with zero attached hydrogens (tertiary/aromatic N) is 1. The summed E-state index contributed by atoms with van der Waals surface area (Å²) in [5, 5.41) is 8.47. The minimum absolute atomic E-state index is 0.0119. The number of quaternary nitrogens is 1. The molecule has 13 nitrogen and oxygen atoms in total. The Morgan fingerprint density at radius 1 is 0.919 bits per heavy atom. The molecular weight excluding hydrogens is 486 g/mol. The Hall–Kier alpha value is -3.35. The summed E-state index contributed by atoms with van der Waals surface area (Å²) in [5.74, 6) is -3.44. The van der Waals surface area contributed by atoms with Crippen LogP contribution < -0.4 is 21.7 Å². The van der Waals surface area contributed by atoms with Gasteiger partial charge in [-0.1, -0.05) is 27.7 Å². The molecule has 1 aliphatic heterocycles. The Labute approximate surface area is 216 Å². The Kier molecular flexibility index (Phi) is 13.4. The molecule has 1 fully saturated rings. The Bertz CT molecular complexity index is 857. The predicted octanol–water partition coefficient (Wildman–Crippen LogP) is -0.264. The largest absolute Gasteiger partial charge is 0.411 e. The smallest absolute Gasteiger partial charge is 0.344 e. The molecule has 0 aromatic carbocycles. The summed E-state index contributed by atoms with van der Waals surface area (Å²) < 4.78 is 0. The number of unbranched alkanes of at least 4 members (excludes halogenated alkanes) is 1. The molecule has 0 aromatic rings. The van der Waals surface area contributed by atoms with E-state index in [1.54, 1.807) is 27.7 Å². The van der Waals surface area contributed by atoms with Crippen molar-refractivity contribution in [2.45, 2.75) is 91.1 Å². The summed E-state index contributed by atoms with van der Waals surface area (Å²) in [4.78, 5) is 88.6. The van der Waals surface area contributed by atoms with Gasteiger partial charge in [0.05, 0.1) is 6.04 Å². The fourth-order valence-corrected chi connectivity index (χ4v) is 3.62. The quantitative estimate of drug-likeness (QED) is 0.156. The van der Waals surface area contributed by atoms with Crippen molar-refractivity contribution in [2.75, 3.05) is 6.54 Å². The first-order valence-electron chi connectivity index (χ1n) is 12.6. The Morgan fingerprint density at radius 2 is 1.51 bits per heavy atom. The normalized spacial score (nSPS) is 14.9. The van der Waals surface area contributed by atoms with Gasteiger partial charge >= 0.3 is 12.0 Å². The molecular formula is C24H40N5O8+. The molecule has 0 radical (unpaired) electrons. The van der Waals surface area contributed by atoms with Crippen molar-refractivity contribution in [2.24, 2.45) is 11.8 Å². The molecule has 2 unspecified atom stereocenters. The summed E-state index contributed by atoms with van der Waals surface area (Å²) in [7, 11) is 0. The highest BCUT2D eigenvalue weighted by molar-refractivity contribution is 6.01. The van der Waals surface area contributed by atoms with Gasteiger partial charge in [-0.05, 0) is 31.6 Å². The second kappa shape index (κ2) is 15.7. The van der Waals surface area contributed by atoms with Crippen molar-refractivity contribution >= 4 is 41.4 Å². The summed E-state index contributed by atoms with van der Waals surface area (Å²) in [5.41, 5.74) is 3.22. The maximum atomic E-state index is 13.0. The Morgan fingerprint density at radius 3 is 2.05 bits per heavy atom. The Balaban J connectivity index is 2.54. The molecule has 0 bridgehead atoms. The molecule has 13 heteroatoms. The zero-order valence-electron chi connectivity index (χ0n) is 22.1. The molecule has 6 N–H and O–H groups in total. The van der Waals surface area contributed by atoms with E-state index >= 15 is 0 Å². The standard InChI is InChI=1S/C24H39N5O8/c1-14(2)21(23(35)27-16(22(34)15(3)4)8-7-13-26-24(25)36)28-17(30)9-5-6-10-20(33)37-29-18(31)11-12-19(29)32/h14-16,21H,5-13H2,1-4H3,(H,27,35)(H,28,30)(H3,25,26,36)/p+1.